The van der Waals surface area contributed by atoms with Crippen LogP contribution in [0.15, 0.2) is 49.1 Å². The molecular weight excluding hydrogens is 412 g/mol. The molecule has 2 aromatic carbocycles. The third-order valence-electron chi connectivity index (χ3n) is 4.71. The minimum absolute atomic E-state index is 0.301. The number of aromatic nitrogens is 6. The molecule has 5 aromatic rings. The number of imidazole rings is 2. The van der Waals surface area contributed by atoms with Crippen molar-refractivity contribution in [1.29, 1.82) is 0 Å². The Morgan fingerprint density at radius 3 is 2.67 bits per heavy atom. The molecule has 0 fully saturated rings. The highest BCUT2D eigenvalue weighted by Crippen LogP contribution is 2.30. The lowest BCUT2D eigenvalue weighted by Crippen LogP contribution is -2.14. The second kappa shape index (κ2) is 7.03. The standard InChI is InChI=1S/C20H14ClF2N7/c1-10(28-19-17-18(25-8-24-17)26-9-27-19)20-29-15-3-2-11(21)4-16(15)30(20)14-6-12(22)5-13(23)7-14/h2-10H,1H3,(H2,24,25,26,27,28)/t10-/m1/s1. The van der Waals surface area contributed by atoms with Gasteiger partial charge in [0.05, 0.1) is 29.1 Å². The Bertz CT molecular complexity index is 1370. The van der Waals surface area contributed by atoms with Crippen molar-refractivity contribution in [2.45, 2.75) is 13.0 Å². The van der Waals surface area contributed by atoms with Crippen molar-refractivity contribution in [3.8, 4) is 5.69 Å². The molecule has 3 aromatic heterocycles. The van der Waals surface area contributed by atoms with E-state index >= 15 is 0 Å². The van der Waals surface area contributed by atoms with Crippen molar-refractivity contribution < 1.29 is 8.78 Å². The lowest BCUT2D eigenvalue weighted by atomic mass is 10.2. The fourth-order valence-corrected chi connectivity index (χ4v) is 3.61. The van der Waals surface area contributed by atoms with Crippen molar-refractivity contribution in [1.82, 2.24) is 29.5 Å². The number of benzene rings is 2. The number of nitrogens with zero attached hydrogens (tertiary/aromatic N) is 5. The van der Waals surface area contributed by atoms with Crippen LogP contribution in [0.25, 0.3) is 27.9 Å². The van der Waals surface area contributed by atoms with Gasteiger partial charge in [0.2, 0.25) is 0 Å². The zero-order valence-corrected chi connectivity index (χ0v) is 16.3. The van der Waals surface area contributed by atoms with Gasteiger partial charge in [-0.05, 0) is 37.3 Å². The van der Waals surface area contributed by atoms with Gasteiger partial charge in [-0.25, -0.2) is 28.7 Å². The Balaban J connectivity index is 1.67. The third-order valence-corrected chi connectivity index (χ3v) is 4.95. The van der Waals surface area contributed by atoms with Gasteiger partial charge in [-0.2, -0.15) is 0 Å². The van der Waals surface area contributed by atoms with Crippen LogP contribution in [-0.2, 0) is 0 Å². The van der Waals surface area contributed by atoms with Gasteiger partial charge in [0.25, 0.3) is 0 Å². The van der Waals surface area contributed by atoms with Crippen molar-refractivity contribution in [2.24, 2.45) is 0 Å². The van der Waals surface area contributed by atoms with Crippen molar-refractivity contribution in [3.05, 3.63) is 71.5 Å². The maximum Gasteiger partial charge on any atom is 0.182 e. The summed E-state index contributed by atoms with van der Waals surface area (Å²) in [6.45, 7) is 1.87. The first-order chi connectivity index (χ1) is 14.5. The largest absolute Gasteiger partial charge is 0.358 e. The first-order valence-corrected chi connectivity index (χ1v) is 9.42. The number of H-pyrrole nitrogens is 1. The van der Waals surface area contributed by atoms with E-state index in [1.165, 1.54) is 24.8 Å². The molecule has 0 radical (unpaired) electrons. The highest BCUT2D eigenvalue weighted by Gasteiger charge is 2.20. The Kier molecular flexibility index (Phi) is 4.32. The van der Waals surface area contributed by atoms with E-state index in [1.54, 1.807) is 22.8 Å². The summed E-state index contributed by atoms with van der Waals surface area (Å²) in [5.41, 5.74) is 2.74. The van der Waals surface area contributed by atoms with Gasteiger partial charge in [-0.3, -0.25) is 4.57 Å². The van der Waals surface area contributed by atoms with Gasteiger partial charge in [-0.15, -0.1) is 0 Å². The Labute approximate surface area is 173 Å². The number of rotatable bonds is 4. The van der Waals surface area contributed by atoms with E-state index in [2.05, 4.69) is 30.2 Å². The number of anilines is 1. The smallest absolute Gasteiger partial charge is 0.182 e. The molecule has 0 bridgehead atoms. The molecule has 2 N–H and O–H groups in total. The molecule has 150 valence electrons. The summed E-state index contributed by atoms with van der Waals surface area (Å²) >= 11 is 6.18. The summed E-state index contributed by atoms with van der Waals surface area (Å²) < 4.78 is 29.6. The average molecular weight is 426 g/mol. The number of fused-ring (bicyclic) bond motifs is 2. The average Bonchev–Trinajstić information content (AvgIpc) is 3.32. The Morgan fingerprint density at radius 1 is 1.07 bits per heavy atom. The number of aromatic amines is 1. The third kappa shape index (κ3) is 3.13. The van der Waals surface area contributed by atoms with Crippen LogP contribution in [0.5, 0.6) is 0 Å². The highest BCUT2D eigenvalue weighted by molar-refractivity contribution is 6.31. The van der Waals surface area contributed by atoms with Crippen molar-refractivity contribution >= 4 is 39.6 Å². The number of hydrogen-bond acceptors (Lipinski definition) is 5. The number of nitrogens with one attached hydrogen (secondary N) is 2. The molecule has 0 unspecified atom stereocenters. The number of hydrogen-bond donors (Lipinski definition) is 2. The molecule has 0 spiro atoms. The summed E-state index contributed by atoms with van der Waals surface area (Å²) in [6.07, 6.45) is 2.94. The zero-order valence-electron chi connectivity index (χ0n) is 15.6. The minimum Gasteiger partial charge on any atom is -0.358 e. The Morgan fingerprint density at radius 2 is 1.87 bits per heavy atom. The topological polar surface area (TPSA) is 84.3 Å². The summed E-state index contributed by atoms with van der Waals surface area (Å²) in [7, 11) is 0. The predicted molar refractivity (Wildman–Crippen MR) is 110 cm³/mol. The normalized spacial score (nSPS) is 12.5. The molecule has 0 aliphatic heterocycles. The van der Waals surface area contributed by atoms with E-state index in [0.29, 0.717) is 44.5 Å². The maximum absolute atomic E-state index is 14.0. The van der Waals surface area contributed by atoms with E-state index in [0.717, 1.165) is 6.07 Å². The molecular formula is C20H14ClF2N7. The maximum atomic E-state index is 14.0. The van der Waals surface area contributed by atoms with Crippen LogP contribution in [-0.4, -0.2) is 29.5 Å². The second-order valence-electron chi connectivity index (χ2n) is 6.76. The summed E-state index contributed by atoms with van der Waals surface area (Å²) in [5.74, 6) is -0.304. The quantitative estimate of drug-likeness (QED) is 0.432. The lowest BCUT2D eigenvalue weighted by molar-refractivity contribution is 0.581. The molecule has 0 aliphatic rings. The van der Waals surface area contributed by atoms with Gasteiger partial charge in [0, 0.05) is 11.1 Å². The van der Waals surface area contributed by atoms with E-state index in [-0.39, 0.29) is 6.04 Å². The van der Waals surface area contributed by atoms with E-state index in [4.69, 9.17) is 11.6 Å². The highest BCUT2D eigenvalue weighted by atomic mass is 35.5. The summed E-state index contributed by atoms with van der Waals surface area (Å²) in [5, 5.41) is 3.76. The molecule has 0 saturated carbocycles. The van der Waals surface area contributed by atoms with Crippen LogP contribution in [0.3, 0.4) is 0 Å². The molecule has 10 heteroatoms. The monoisotopic (exact) mass is 425 g/mol. The van der Waals surface area contributed by atoms with Crippen LogP contribution in [0.4, 0.5) is 14.6 Å². The molecule has 0 saturated heterocycles. The fraction of sp³-hybridized carbons (Fsp3) is 0.100. The minimum atomic E-state index is -0.685. The van der Waals surface area contributed by atoms with Crippen LogP contribution in [0.1, 0.15) is 18.8 Å². The second-order valence-corrected chi connectivity index (χ2v) is 7.19. The summed E-state index contributed by atoms with van der Waals surface area (Å²) in [4.78, 5) is 20.2. The molecule has 5 rings (SSSR count). The van der Waals surface area contributed by atoms with Gasteiger partial charge in [0.1, 0.15) is 29.3 Å². The van der Waals surface area contributed by atoms with E-state index in [9.17, 15) is 8.78 Å². The van der Waals surface area contributed by atoms with E-state index in [1.807, 2.05) is 6.92 Å². The van der Waals surface area contributed by atoms with Crippen molar-refractivity contribution in [2.75, 3.05) is 5.32 Å². The van der Waals surface area contributed by atoms with Gasteiger partial charge >= 0.3 is 0 Å². The first-order valence-electron chi connectivity index (χ1n) is 9.04. The first kappa shape index (κ1) is 18.4. The van der Waals surface area contributed by atoms with Gasteiger partial charge < -0.3 is 10.3 Å². The van der Waals surface area contributed by atoms with Gasteiger partial charge in [0.15, 0.2) is 11.5 Å². The van der Waals surface area contributed by atoms with Crippen LogP contribution < -0.4 is 5.32 Å². The lowest BCUT2D eigenvalue weighted by Gasteiger charge is -2.17. The SMILES string of the molecule is C[C@@H](Nc1ncnc2nc[nH]c12)c1nc2ccc(Cl)cc2n1-c1cc(F)cc(F)c1. The molecule has 30 heavy (non-hydrogen) atoms. The fourth-order valence-electron chi connectivity index (χ4n) is 3.44. The number of halogens is 3. The molecule has 0 amide bonds. The molecule has 3 heterocycles. The van der Waals surface area contributed by atoms with Crippen LogP contribution >= 0.6 is 11.6 Å². The van der Waals surface area contributed by atoms with Crippen LogP contribution in [0.2, 0.25) is 5.02 Å². The molecule has 0 aliphatic carbocycles. The predicted octanol–water partition coefficient (Wildman–Crippen LogP) is 4.80. The van der Waals surface area contributed by atoms with Gasteiger partial charge in [-0.1, -0.05) is 11.6 Å². The zero-order chi connectivity index (χ0) is 20.8. The van der Waals surface area contributed by atoms with Crippen LogP contribution in [0, 0.1) is 11.6 Å². The van der Waals surface area contributed by atoms with E-state index < -0.39 is 11.6 Å². The van der Waals surface area contributed by atoms with Crippen molar-refractivity contribution in [3.63, 3.8) is 0 Å². The molecule has 1 atom stereocenters. The Hall–Kier alpha value is -3.59. The molecule has 7 nitrogen and oxygen atoms in total. The summed E-state index contributed by atoms with van der Waals surface area (Å²) in [6, 6.07) is 8.13.